The van der Waals surface area contributed by atoms with E-state index in [1.54, 1.807) is 6.92 Å². The molecule has 2 fully saturated rings. The molecule has 0 saturated carbocycles. The number of imide groups is 2. The summed E-state index contributed by atoms with van der Waals surface area (Å²) in [5.41, 5.74) is 0.469. The molecular weight excluding hydrogens is 284 g/mol. The fraction of sp³-hybridized carbons (Fsp3) is 0.375. The molecule has 2 saturated heterocycles. The van der Waals surface area contributed by atoms with E-state index in [4.69, 9.17) is 0 Å². The van der Waals surface area contributed by atoms with Gasteiger partial charge in [-0.15, -0.1) is 0 Å². The number of amides is 4. The molecule has 118 valence electrons. The van der Waals surface area contributed by atoms with E-state index in [2.05, 4.69) is 11.9 Å². The molecule has 1 atom stereocenters. The predicted molar refractivity (Wildman–Crippen MR) is 81.4 cm³/mol. The van der Waals surface area contributed by atoms with E-state index in [-0.39, 0.29) is 24.0 Å². The number of hydrogen-bond acceptors (Lipinski definition) is 4. The van der Waals surface area contributed by atoms with Gasteiger partial charge in [0.25, 0.3) is 11.8 Å². The molecule has 2 heterocycles. The summed E-state index contributed by atoms with van der Waals surface area (Å²) in [5, 5.41) is 2.14. The second-order valence-corrected chi connectivity index (χ2v) is 4.47. The van der Waals surface area contributed by atoms with Gasteiger partial charge in [0.15, 0.2) is 0 Å². The average Bonchev–Trinajstić information content (AvgIpc) is 2.73. The summed E-state index contributed by atoms with van der Waals surface area (Å²) in [5.74, 6) is -2.05. The van der Waals surface area contributed by atoms with Crippen LogP contribution in [0.15, 0.2) is 36.0 Å². The third-order valence-corrected chi connectivity index (χ3v) is 3.28. The Morgan fingerprint density at radius 3 is 2.23 bits per heavy atom. The monoisotopic (exact) mass is 304 g/mol. The van der Waals surface area contributed by atoms with Gasteiger partial charge in [-0.3, -0.25) is 29.4 Å². The van der Waals surface area contributed by atoms with E-state index < -0.39 is 29.7 Å². The molecule has 0 aliphatic carbocycles. The zero-order valence-corrected chi connectivity index (χ0v) is 13.0. The minimum Gasteiger partial charge on any atom is -0.295 e. The van der Waals surface area contributed by atoms with E-state index in [0.717, 1.165) is 4.90 Å². The first-order valence-corrected chi connectivity index (χ1v) is 7.22. The summed E-state index contributed by atoms with van der Waals surface area (Å²) in [6, 6.07) is -0.932. The summed E-state index contributed by atoms with van der Waals surface area (Å²) in [6.45, 7) is 9.15. The molecule has 0 aromatic carbocycles. The molecule has 2 rings (SSSR count). The Morgan fingerprint density at radius 1 is 1.14 bits per heavy atom. The number of carbonyl (C=O) groups excluding carboxylic acids is 4. The lowest BCUT2D eigenvalue weighted by atomic mass is 10.0. The highest BCUT2D eigenvalue weighted by Crippen LogP contribution is 2.29. The van der Waals surface area contributed by atoms with Gasteiger partial charge in [0.05, 0.1) is 5.57 Å². The topological polar surface area (TPSA) is 83.6 Å². The average molecular weight is 304 g/mol. The largest absolute Gasteiger partial charge is 0.295 e. The number of piperidine rings is 1. The highest BCUT2D eigenvalue weighted by Gasteiger charge is 2.45. The van der Waals surface area contributed by atoms with Crippen LogP contribution in [0.25, 0.3) is 0 Å². The van der Waals surface area contributed by atoms with Crippen LogP contribution >= 0.6 is 0 Å². The lowest BCUT2D eigenvalue weighted by Crippen LogP contribution is -2.54. The van der Waals surface area contributed by atoms with Gasteiger partial charge >= 0.3 is 0 Å². The Labute approximate surface area is 129 Å². The summed E-state index contributed by atoms with van der Waals surface area (Å²) >= 11 is 0. The molecule has 0 radical (unpaired) electrons. The Kier molecular flexibility index (Phi) is 5.98. The van der Waals surface area contributed by atoms with E-state index >= 15 is 0 Å². The number of allylic oxidation sites excluding steroid dienone is 3. The zero-order chi connectivity index (χ0) is 16.9. The molecule has 1 N–H and O–H groups in total. The third kappa shape index (κ3) is 3.05. The van der Waals surface area contributed by atoms with Crippen molar-refractivity contribution < 1.29 is 19.2 Å². The molecule has 0 spiro atoms. The van der Waals surface area contributed by atoms with E-state index in [9.17, 15) is 19.2 Å². The van der Waals surface area contributed by atoms with Crippen molar-refractivity contribution in [2.24, 2.45) is 0 Å². The van der Waals surface area contributed by atoms with Gasteiger partial charge in [0, 0.05) is 12.0 Å². The van der Waals surface area contributed by atoms with Crippen molar-refractivity contribution in [3.63, 3.8) is 0 Å². The van der Waals surface area contributed by atoms with E-state index in [0.29, 0.717) is 0 Å². The second kappa shape index (κ2) is 7.49. The molecule has 0 bridgehead atoms. The predicted octanol–water partition coefficient (Wildman–Crippen LogP) is 1.25. The molecule has 2 aliphatic rings. The van der Waals surface area contributed by atoms with Crippen LogP contribution in [0.4, 0.5) is 0 Å². The van der Waals surface area contributed by atoms with Crippen molar-refractivity contribution in [1.29, 1.82) is 0 Å². The standard InChI is InChI=1S/C14H14N2O4.C2H6/c1-3-5-9-8(4-2)13(19)16(14(9)20)10-6-7-11(17)15-12(10)18;1-2/h3-5,10H,1,6-7H2,2H3,(H,15,17,18);1-2H3/b8-4+,9-5+;. The Balaban J connectivity index is 0.00000116. The van der Waals surface area contributed by atoms with Gasteiger partial charge in [0.2, 0.25) is 11.8 Å². The zero-order valence-electron chi connectivity index (χ0n) is 13.0. The van der Waals surface area contributed by atoms with Crippen molar-refractivity contribution in [2.45, 2.75) is 39.7 Å². The minimum absolute atomic E-state index is 0.110. The molecule has 6 heteroatoms. The van der Waals surface area contributed by atoms with Crippen molar-refractivity contribution >= 4 is 23.6 Å². The number of nitrogens with zero attached hydrogens (tertiary/aromatic N) is 1. The quantitative estimate of drug-likeness (QED) is 0.614. The van der Waals surface area contributed by atoms with Crippen LogP contribution in [0.3, 0.4) is 0 Å². The molecule has 1 unspecified atom stereocenters. The Bertz CT molecular complexity index is 587. The summed E-state index contributed by atoms with van der Waals surface area (Å²) in [4.78, 5) is 48.4. The highest BCUT2D eigenvalue weighted by atomic mass is 16.2. The van der Waals surface area contributed by atoms with Crippen LogP contribution in [0.1, 0.15) is 33.6 Å². The van der Waals surface area contributed by atoms with Gasteiger partial charge in [-0.1, -0.05) is 32.6 Å². The maximum absolute atomic E-state index is 12.3. The molecule has 0 aromatic rings. The van der Waals surface area contributed by atoms with Gasteiger partial charge in [-0.25, -0.2) is 0 Å². The molecular formula is C16H20N2O4. The molecule has 2 aliphatic heterocycles. The lowest BCUT2D eigenvalue weighted by molar-refractivity contribution is -0.149. The second-order valence-electron chi connectivity index (χ2n) is 4.47. The van der Waals surface area contributed by atoms with E-state index in [1.807, 2.05) is 13.8 Å². The third-order valence-electron chi connectivity index (χ3n) is 3.28. The van der Waals surface area contributed by atoms with Gasteiger partial charge in [-0.05, 0) is 19.4 Å². The first-order chi connectivity index (χ1) is 10.5. The van der Waals surface area contributed by atoms with Crippen LogP contribution in [-0.2, 0) is 19.2 Å². The van der Waals surface area contributed by atoms with Crippen molar-refractivity contribution in [3.05, 3.63) is 36.0 Å². The summed E-state index contributed by atoms with van der Waals surface area (Å²) in [7, 11) is 0. The fourth-order valence-electron chi connectivity index (χ4n) is 2.35. The molecule has 0 aromatic heterocycles. The SMILES string of the molecule is C=C/C=C1/C(=O)N(C2CCC(=O)NC2=O)C(=O)/C1=C/C.CC. The number of rotatable bonds is 2. The Hall–Kier alpha value is -2.50. The van der Waals surface area contributed by atoms with Crippen LogP contribution in [0, 0.1) is 0 Å². The normalized spacial score (nSPS) is 25.2. The fourth-order valence-corrected chi connectivity index (χ4v) is 2.35. The number of carbonyl (C=O) groups is 4. The minimum atomic E-state index is -0.932. The number of nitrogens with one attached hydrogen (secondary N) is 1. The van der Waals surface area contributed by atoms with Crippen molar-refractivity contribution in [2.75, 3.05) is 0 Å². The molecule has 22 heavy (non-hydrogen) atoms. The van der Waals surface area contributed by atoms with Crippen LogP contribution in [0.5, 0.6) is 0 Å². The smallest absolute Gasteiger partial charge is 0.262 e. The van der Waals surface area contributed by atoms with Crippen LogP contribution < -0.4 is 5.32 Å². The lowest BCUT2D eigenvalue weighted by Gasteiger charge is -2.27. The van der Waals surface area contributed by atoms with Crippen molar-refractivity contribution in [1.82, 2.24) is 10.2 Å². The molecule has 4 amide bonds. The highest BCUT2D eigenvalue weighted by molar-refractivity contribution is 6.26. The number of hydrogen-bond donors (Lipinski definition) is 1. The van der Waals surface area contributed by atoms with Crippen LogP contribution in [0.2, 0.25) is 0 Å². The van der Waals surface area contributed by atoms with E-state index in [1.165, 1.54) is 18.2 Å². The summed E-state index contributed by atoms with van der Waals surface area (Å²) < 4.78 is 0. The maximum atomic E-state index is 12.3. The van der Waals surface area contributed by atoms with Crippen LogP contribution in [-0.4, -0.2) is 34.6 Å². The first-order valence-electron chi connectivity index (χ1n) is 7.22. The summed E-state index contributed by atoms with van der Waals surface area (Å²) in [6.07, 6.45) is 4.65. The van der Waals surface area contributed by atoms with Gasteiger partial charge in [0.1, 0.15) is 6.04 Å². The Morgan fingerprint density at radius 2 is 1.73 bits per heavy atom. The van der Waals surface area contributed by atoms with Gasteiger partial charge < -0.3 is 0 Å². The van der Waals surface area contributed by atoms with Crippen molar-refractivity contribution in [3.8, 4) is 0 Å². The molecule has 6 nitrogen and oxygen atoms in total. The van der Waals surface area contributed by atoms with Gasteiger partial charge in [-0.2, -0.15) is 0 Å². The number of likely N-dealkylation sites (tertiary alicyclic amines) is 1. The maximum Gasteiger partial charge on any atom is 0.262 e. The first kappa shape index (κ1) is 17.6.